The Hall–Kier alpha value is -1.66. The van der Waals surface area contributed by atoms with Crippen LogP contribution in [-0.4, -0.2) is 19.6 Å². The van der Waals surface area contributed by atoms with E-state index in [2.05, 4.69) is 15.2 Å². The Morgan fingerprint density at radius 3 is 2.85 bits per heavy atom. The molecule has 7 heteroatoms. The quantitative estimate of drug-likeness (QED) is 0.627. The van der Waals surface area contributed by atoms with Crippen molar-refractivity contribution < 1.29 is 17.3 Å². The van der Waals surface area contributed by atoms with Gasteiger partial charge in [-0.2, -0.15) is 13.2 Å². The highest BCUT2D eigenvalue weighted by Crippen LogP contribution is 2.27. The minimum Gasteiger partial charge on any atom is -0.276 e. The Bertz CT molecular complexity index is 564. The second kappa shape index (κ2) is 2.41. The zero-order chi connectivity index (χ0) is 12.1. The smallest absolute Gasteiger partial charge is 0.276 e. The largest absolute Gasteiger partial charge is 0.452 e. The van der Waals surface area contributed by atoms with Crippen molar-refractivity contribution in [2.75, 3.05) is 0 Å². The molecule has 0 aromatic carbocycles. The molecule has 0 fully saturated rings. The first-order valence-electron chi connectivity index (χ1n) is 4.58. The number of aromatic nitrogens is 4. The number of halogens is 3. The fourth-order valence-corrected chi connectivity index (χ4v) is 0.799. The lowest BCUT2D eigenvalue weighted by Gasteiger charge is -2.02. The van der Waals surface area contributed by atoms with E-state index in [9.17, 15) is 13.2 Å². The molecule has 0 atom stereocenters. The van der Waals surface area contributed by atoms with Gasteiger partial charge in [0.2, 0.25) is 5.82 Å². The molecule has 0 saturated heterocycles. The Morgan fingerprint density at radius 2 is 2.15 bits per heavy atom. The standard InChI is InChI=1S/C6H3F3N4/c7-6(8,9)5-12-11-4-3-10-1-2-13(4)5/h1-3H/i1D,2D,3D. The average molecular weight is 191 g/mol. The first kappa shape index (κ1) is 5.15. The summed E-state index contributed by atoms with van der Waals surface area (Å²) in [5.41, 5.74) is -0.492. The zero-order valence-electron chi connectivity index (χ0n) is 8.92. The molecule has 0 aliphatic heterocycles. The Balaban J connectivity index is 2.91. The van der Waals surface area contributed by atoms with Gasteiger partial charge in [-0.1, -0.05) is 0 Å². The Morgan fingerprint density at radius 1 is 1.38 bits per heavy atom. The molecule has 0 spiro atoms. The summed E-state index contributed by atoms with van der Waals surface area (Å²) in [6.45, 7) is 0. The summed E-state index contributed by atoms with van der Waals surface area (Å²) in [7, 11) is 0. The van der Waals surface area contributed by atoms with Gasteiger partial charge in [0.15, 0.2) is 5.65 Å². The molecule has 0 unspecified atom stereocenters. The fourth-order valence-electron chi connectivity index (χ4n) is 0.799. The highest BCUT2D eigenvalue weighted by Gasteiger charge is 2.36. The van der Waals surface area contributed by atoms with E-state index in [0.29, 0.717) is 0 Å². The maximum atomic E-state index is 12.4. The van der Waals surface area contributed by atoms with Crippen LogP contribution in [0.3, 0.4) is 0 Å². The minimum atomic E-state index is -4.80. The SMILES string of the molecule is [2H]c1nc([2H])c2nnc(C(F)(F)F)n2c1[2H]. The van der Waals surface area contributed by atoms with Crippen LogP contribution in [0.5, 0.6) is 0 Å². The van der Waals surface area contributed by atoms with E-state index in [0.717, 1.165) is 0 Å². The molecule has 2 heterocycles. The van der Waals surface area contributed by atoms with E-state index in [4.69, 9.17) is 4.11 Å². The maximum Gasteiger partial charge on any atom is 0.452 e. The molecular formula is C6H3F3N4. The van der Waals surface area contributed by atoms with Crippen molar-refractivity contribution in [2.24, 2.45) is 0 Å². The monoisotopic (exact) mass is 191 g/mol. The summed E-state index contributed by atoms with van der Waals surface area (Å²) in [5.74, 6) is -1.43. The lowest BCUT2D eigenvalue weighted by molar-refractivity contribution is -0.145. The first-order valence-corrected chi connectivity index (χ1v) is 3.08. The number of hydrogen-bond donors (Lipinski definition) is 0. The second-order valence-electron chi connectivity index (χ2n) is 2.13. The van der Waals surface area contributed by atoms with Gasteiger partial charge in [0.1, 0.15) is 0 Å². The van der Waals surface area contributed by atoms with Crippen molar-refractivity contribution in [3.63, 3.8) is 0 Å². The number of rotatable bonds is 0. The van der Waals surface area contributed by atoms with Gasteiger partial charge in [0, 0.05) is 12.3 Å². The second-order valence-corrected chi connectivity index (χ2v) is 2.13. The normalized spacial score (nSPS) is 15.5. The lowest BCUT2D eigenvalue weighted by Crippen LogP contribution is -2.10. The van der Waals surface area contributed by atoms with Gasteiger partial charge >= 0.3 is 6.18 Å². The van der Waals surface area contributed by atoms with E-state index in [1.807, 2.05) is 0 Å². The van der Waals surface area contributed by atoms with Crippen molar-refractivity contribution in [3.8, 4) is 0 Å². The third-order valence-electron chi connectivity index (χ3n) is 1.29. The molecule has 0 saturated carbocycles. The molecule has 0 aliphatic rings. The molecule has 0 amide bonds. The van der Waals surface area contributed by atoms with Crippen molar-refractivity contribution in [1.82, 2.24) is 19.6 Å². The van der Waals surface area contributed by atoms with Crippen molar-refractivity contribution in [3.05, 3.63) is 24.3 Å². The summed E-state index contributed by atoms with van der Waals surface area (Å²) in [6, 6.07) is 0. The van der Waals surface area contributed by atoms with E-state index in [1.165, 1.54) is 0 Å². The van der Waals surface area contributed by atoms with Crippen LogP contribution in [0.1, 0.15) is 9.94 Å². The maximum absolute atomic E-state index is 12.4. The van der Waals surface area contributed by atoms with Crippen LogP contribution in [0.15, 0.2) is 18.5 Å². The highest BCUT2D eigenvalue weighted by atomic mass is 19.4. The summed E-state index contributed by atoms with van der Waals surface area (Å²) in [4.78, 5) is 3.25. The van der Waals surface area contributed by atoms with Gasteiger partial charge in [0.05, 0.1) is 10.3 Å². The van der Waals surface area contributed by atoms with Crippen LogP contribution in [-0.2, 0) is 6.18 Å². The third-order valence-corrected chi connectivity index (χ3v) is 1.29. The van der Waals surface area contributed by atoms with E-state index < -0.39 is 36.2 Å². The molecule has 2 aromatic heterocycles. The van der Waals surface area contributed by atoms with Crippen LogP contribution >= 0.6 is 0 Å². The number of hydrogen-bond acceptors (Lipinski definition) is 3. The molecular weight excluding hydrogens is 185 g/mol. The summed E-state index contributed by atoms with van der Waals surface area (Å²) in [5, 5.41) is 5.98. The van der Waals surface area contributed by atoms with E-state index in [1.54, 1.807) is 0 Å². The molecule has 0 radical (unpaired) electrons. The van der Waals surface area contributed by atoms with Gasteiger partial charge in [0.25, 0.3) is 0 Å². The summed E-state index contributed by atoms with van der Waals surface area (Å²) >= 11 is 0. The van der Waals surface area contributed by atoms with Gasteiger partial charge in [-0.25, -0.2) is 0 Å². The van der Waals surface area contributed by atoms with Crippen LogP contribution in [0.2, 0.25) is 0 Å². The molecule has 0 aliphatic carbocycles. The highest BCUT2D eigenvalue weighted by molar-refractivity contribution is 5.34. The van der Waals surface area contributed by atoms with E-state index >= 15 is 0 Å². The molecule has 0 N–H and O–H groups in total. The molecule has 68 valence electrons. The Kier molecular flexibility index (Phi) is 0.956. The lowest BCUT2D eigenvalue weighted by atomic mass is 10.5. The van der Waals surface area contributed by atoms with Crippen molar-refractivity contribution in [2.45, 2.75) is 6.18 Å². The zero-order valence-corrected chi connectivity index (χ0v) is 5.92. The van der Waals surface area contributed by atoms with Crippen LogP contribution in [0.25, 0.3) is 5.65 Å². The molecule has 13 heavy (non-hydrogen) atoms. The van der Waals surface area contributed by atoms with Gasteiger partial charge in [-0.3, -0.25) is 9.38 Å². The van der Waals surface area contributed by atoms with Crippen LogP contribution in [0, 0.1) is 0 Å². The predicted molar refractivity (Wildman–Crippen MR) is 35.8 cm³/mol. The topological polar surface area (TPSA) is 43.1 Å². The van der Waals surface area contributed by atoms with Gasteiger partial charge in [-0.05, 0) is 0 Å². The Labute approximate surface area is 74.3 Å². The average Bonchev–Trinajstić information content (AvgIpc) is 2.58. The third kappa shape index (κ3) is 1.21. The summed E-state index contributed by atoms with van der Waals surface area (Å²) < 4.78 is 59.2. The predicted octanol–water partition coefficient (Wildman–Crippen LogP) is 1.14. The fraction of sp³-hybridized carbons (Fsp3) is 0.167. The summed E-state index contributed by atoms with van der Waals surface area (Å²) in [6.07, 6.45) is -6.95. The van der Waals surface area contributed by atoms with Crippen molar-refractivity contribution in [1.29, 1.82) is 0 Å². The van der Waals surface area contributed by atoms with E-state index in [-0.39, 0.29) is 4.40 Å². The van der Waals surface area contributed by atoms with Crippen LogP contribution < -0.4 is 0 Å². The minimum absolute atomic E-state index is 0.289. The van der Waals surface area contributed by atoms with Crippen LogP contribution in [0.4, 0.5) is 13.2 Å². The molecule has 2 rings (SSSR count). The molecule has 0 bridgehead atoms. The first-order chi connectivity index (χ1) is 7.32. The number of alkyl halides is 3. The van der Waals surface area contributed by atoms with Gasteiger partial charge in [-0.15, -0.1) is 10.2 Å². The van der Waals surface area contributed by atoms with Crippen molar-refractivity contribution >= 4 is 5.65 Å². The number of fused-ring (bicyclic) bond motifs is 1. The molecule has 2 aromatic rings. The van der Waals surface area contributed by atoms with Gasteiger partial charge < -0.3 is 0 Å². The number of nitrogens with zero attached hydrogens (tertiary/aromatic N) is 4. The molecule has 4 nitrogen and oxygen atoms in total.